The molecule has 0 saturated carbocycles. The quantitative estimate of drug-likeness (QED) is 0.575. The number of aliphatic imine (C=N–C) groups is 1. The van der Waals surface area contributed by atoms with Gasteiger partial charge in [-0.05, 0) is 42.8 Å². The van der Waals surface area contributed by atoms with Crippen molar-refractivity contribution in [2.75, 3.05) is 13.2 Å². The average molecular weight is 331 g/mol. The van der Waals surface area contributed by atoms with E-state index in [0.29, 0.717) is 19.1 Å². The lowest BCUT2D eigenvalue weighted by Crippen LogP contribution is -2.33. The van der Waals surface area contributed by atoms with E-state index in [4.69, 9.17) is 10.5 Å². The second-order valence-electron chi connectivity index (χ2n) is 5.42. The average Bonchev–Trinajstić information content (AvgIpc) is 3.05. The van der Waals surface area contributed by atoms with Crippen LogP contribution in [0.25, 0.3) is 0 Å². The molecule has 124 valence electrons. The molecule has 1 heterocycles. The zero-order chi connectivity index (χ0) is 16.5. The third-order valence-electron chi connectivity index (χ3n) is 3.36. The van der Waals surface area contributed by atoms with Crippen molar-refractivity contribution < 1.29 is 4.74 Å². The van der Waals surface area contributed by atoms with E-state index in [1.54, 1.807) is 11.3 Å². The molecule has 0 amide bonds. The normalized spacial score (nSPS) is 11.5. The van der Waals surface area contributed by atoms with Crippen molar-refractivity contribution in [1.29, 1.82) is 0 Å². The summed E-state index contributed by atoms with van der Waals surface area (Å²) in [5.41, 5.74) is 8.19. The van der Waals surface area contributed by atoms with Crippen LogP contribution in [0.1, 0.15) is 29.3 Å². The van der Waals surface area contributed by atoms with Crippen LogP contribution in [0.2, 0.25) is 0 Å². The van der Waals surface area contributed by atoms with Crippen molar-refractivity contribution in [2.45, 2.75) is 33.2 Å². The van der Waals surface area contributed by atoms with Crippen molar-refractivity contribution in [2.24, 2.45) is 10.7 Å². The maximum atomic E-state index is 5.94. The Morgan fingerprint density at radius 2 is 2.22 bits per heavy atom. The van der Waals surface area contributed by atoms with Crippen LogP contribution in [-0.4, -0.2) is 19.1 Å². The standard InChI is InChI=1S/C18H25N3OS/c1-3-10-22-17-12-14(2)6-7-15(17)13-21-18(19)20-9-8-16-5-4-11-23-16/h4-7,11-12H,3,8-10,13H2,1-2H3,(H3,19,20,21). The smallest absolute Gasteiger partial charge is 0.188 e. The zero-order valence-electron chi connectivity index (χ0n) is 13.8. The van der Waals surface area contributed by atoms with Crippen molar-refractivity contribution in [3.63, 3.8) is 0 Å². The molecule has 2 aromatic rings. The first-order valence-electron chi connectivity index (χ1n) is 7.97. The van der Waals surface area contributed by atoms with Crippen LogP contribution in [0.15, 0.2) is 40.7 Å². The number of nitrogens with two attached hydrogens (primary N) is 1. The number of rotatable bonds is 8. The number of ether oxygens (including phenoxy) is 1. The van der Waals surface area contributed by atoms with Crippen molar-refractivity contribution in [1.82, 2.24) is 5.32 Å². The largest absolute Gasteiger partial charge is 0.493 e. The number of thiophene rings is 1. The van der Waals surface area contributed by atoms with E-state index in [1.165, 1.54) is 10.4 Å². The Balaban J connectivity index is 1.87. The van der Waals surface area contributed by atoms with Gasteiger partial charge < -0.3 is 15.8 Å². The van der Waals surface area contributed by atoms with Crippen molar-refractivity contribution in [3.8, 4) is 5.75 Å². The molecule has 0 unspecified atom stereocenters. The number of hydrogen-bond acceptors (Lipinski definition) is 3. The molecule has 0 aliphatic carbocycles. The summed E-state index contributed by atoms with van der Waals surface area (Å²) >= 11 is 1.76. The van der Waals surface area contributed by atoms with Gasteiger partial charge in [-0.3, -0.25) is 0 Å². The van der Waals surface area contributed by atoms with Gasteiger partial charge >= 0.3 is 0 Å². The SMILES string of the molecule is CCCOc1cc(C)ccc1CN=C(N)NCCc1cccs1. The summed E-state index contributed by atoms with van der Waals surface area (Å²) in [5, 5.41) is 5.24. The molecule has 5 heteroatoms. The summed E-state index contributed by atoms with van der Waals surface area (Å²) in [6, 6.07) is 10.4. The summed E-state index contributed by atoms with van der Waals surface area (Å²) in [6.45, 7) is 6.20. The monoisotopic (exact) mass is 331 g/mol. The highest BCUT2D eigenvalue weighted by molar-refractivity contribution is 7.09. The van der Waals surface area contributed by atoms with Gasteiger partial charge in [0, 0.05) is 17.0 Å². The molecule has 3 N–H and O–H groups in total. The highest BCUT2D eigenvalue weighted by Gasteiger charge is 2.04. The second kappa shape index (κ2) is 9.20. The van der Waals surface area contributed by atoms with Crippen molar-refractivity contribution >= 4 is 17.3 Å². The summed E-state index contributed by atoms with van der Waals surface area (Å²) in [6.07, 6.45) is 1.95. The van der Waals surface area contributed by atoms with Gasteiger partial charge in [-0.2, -0.15) is 0 Å². The number of guanidine groups is 1. The Bertz CT molecular complexity index is 623. The Kier molecular flexibility index (Phi) is 6.94. The summed E-state index contributed by atoms with van der Waals surface area (Å²) in [7, 11) is 0. The Morgan fingerprint density at radius 3 is 2.96 bits per heavy atom. The fraction of sp³-hybridized carbons (Fsp3) is 0.389. The highest BCUT2D eigenvalue weighted by atomic mass is 32.1. The minimum Gasteiger partial charge on any atom is -0.493 e. The number of nitrogens with zero attached hydrogens (tertiary/aromatic N) is 1. The van der Waals surface area contributed by atoms with Crippen LogP contribution in [0, 0.1) is 6.92 Å². The van der Waals surface area contributed by atoms with E-state index in [2.05, 4.69) is 59.9 Å². The van der Waals surface area contributed by atoms with Gasteiger partial charge in [0.1, 0.15) is 5.75 Å². The van der Waals surface area contributed by atoms with E-state index in [0.717, 1.165) is 30.7 Å². The molecule has 1 aromatic heterocycles. The third kappa shape index (κ3) is 5.94. The first-order chi connectivity index (χ1) is 11.2. The molecule has 0 radical (unpaired) electrons. The molecule has 2 rings (SSSR count). The van der Waals surface area contributed by atoms with Gasteiger partial charge in [0.2, 0.25) is 0 Å². The van der Waals surface area contributed by atoms with E-state index >= 15 is 0 Å². The number of aryl methyl sites for hydroxylation is 1. The lowest BCUT2D eigenvalue weighted by Gasteiger charge is -2.11. The molecule has 1 aromatic carbocycles. The van der Waals surface area contributed by atoms with Crippen LogP contribution in [0.4, 0.5) is 0 Å². The topological polar surface area (TPSA) is 59.6 Å². The van der Waals surface area contributed by atoms with Crippen LogP contribution in [0.5, 0.6) is 5.75 Å². The molecule has 0 aliphatic rings. The van der Waals surface area contributed by atoms with Gasteiger partial charge in [-0.1, -0.05) is 25.1 Å². The maximum Gasteiger partial charge on any atom is 0.188 e. The summed E-state index contributed by atoms with van der Waals surface area (Å²) in [5.74, 6) is 1.38. The highest BCUT2D eigenvalue weighted by Crippen LogP contribution is 2.21. The first kappa shape index (κ1) is 17.3. The third-order valence-corrected chi connectivity index (χ3v) is 4.30. The van der Waals surface area contributed by atoms with Crippen LogP contribution >= 0.6 is 11.3 Å². The molecular formula is C18H25N3OS. The molecule has 0 spiro atoms. The van der Waals surface area contributed by atoms with Gasteiger partial charge in [0.05, 0.1) is 13.2 Å². The van der Waals surface area contributed by atoms with E-state index in [9.17, 15) is 0 Å². The second-order valence-corrected chi connectivity index (χ2v) is 6.45. The fourth-order valence-corrected chi connectivity index (χ4v) is 2.84. The molecule has 0 bridgehead atoms. The zero-order valence-corrected chi connectivity index (χ0v) is 14.7. The van der Waals surface area contributed by atoms with Crippen molar-refractivity contribution in [3.05, 3.63) is 51.7 Å². The molecule has 0 saturated heterocycles. The lowest BCUT2D eigenvalue weighted by atomic mass is 10.1. The molecular weight excluding hydrogens is 306 g/mol. The van der Waals surface area contributed by atoms with E-state index in [-0.39, 0.29) is 0 Å². The molecule has 0 aliphatic heterocycles. The van der Waals surface area contributed by atoms with Crippen LogP contribution in [-0.2, 0) is 13.0 Å². The van der Waals surface area contributed by atoms with Gasteiger partial charge in [0.15, 0.2) is 5.96 Å². The Morgan fingerprint density at radius 1 is 1.35 bits per heavy atom. The van der Waals surface area contributed by atoms with Crippen LogP contribution < -0.4 is 15.8 Å². The summed E-state index contributed by atoms with van der Waals surface area (Å²) < 4.78 is 5.80. The molecule has 0 fully saturated rings. The minimum absolute atomic E-state index is 0.476. The first-order valence-corrected chi connectivity index (χ1v) is 8.85. The van der Waals surface area contributed by atoms with Gasteiger partial charge in [0.25, 0.3) is 0 Å². The minimum atomic E-state index is 0.476. The maximum absolute atomic E-state index is 5.94. The molecule has 4 nitrogen and oxygen atoms in total. The predicted octanol–water partition coefficient (Wildman–Crippen LogP) is 3.49. The number of nitrogens with one attached hydrogen (secondary N) is 1. The Hall–Kier alpha value is -2.01. The molecule has 23 heavy (non-hydrogen) atoms. The number of hydrogen-bond donors (Lipinski definition) is 2. The number of benzene rings is 1. The fourth-order valence-electron chi connectivity index (χ4n) is 2.13. The van der Waals surface area contributed by atoms with Gasteiger partial charge in [-0.15, -0.1) is 11.3 Å². The van der Waals surface area contributed by atoms with E-state index in [1.807, 2.05) is 0 Å². The van der Waals surface area contributed by atoms with Gasteiger partial charge in [-0.25, -0.2) is 4.99 Å². The summed E-state index contributed by atoms with van der Waals surface area (Å²) in [4.78, 5) is 5.76. The predicted molar refractivity (Wildman–Crippen MR) is 98.3 cm³/mol. The molecule has 0 atom stereocenters. The van der Waals surface area contributed by atoms with Crippen LogP contribution in [0.3, 0.4) is 0 Å². The Labute approximate surface area is 142 Å². The van der Waals surface area contributed by atoms with E-state index < -0.39 is 0 Å². The lowest BCUT2D eigenvalue weighted by molar-refractivity contribution is 0.314.